The fourth-order valence-corrected chi connectivity index (χ4v) is 2.49. The second-order valence-corrected chi connectivity index (χ2v) is 4.34. The van der Waals surface area contributed by atoms with Gasteiger partial charge < -0.3 is 4.74 Å². The summed E-state index contributed by atoms with van der Waals surface area (Å²) < 4.78 is 5.69. The van der Waals surface area contributed by atoms with Gasteiger partial charge in [-0.1, -0.05) is 0 Å². The molecule has 0 spiro atoms. The van der Waals surface area contributed by atoms with Gasteiger partial charge in [0.1, 0.15) is 10.6 Å². The highest BCUT2D eigenvalue weighted by atomic mass is 32.1. The summed E-state index contributed by atoms with van der Waals surface area (Å²) in [6.07, 6.45) is 2.27. The molecule has 1 saturated heterocycles. The fourth-order valence-electron chi connectivity index (χ4n) is 1.54. The van der Waals surface area contributed by atoms with Crippen LogP contribution in [0.2, 0.25) is 0 Å². The van der Waals surface area contributed by atoms with Gasteiger partial charge in [-0.15, -0.1) is 11.3 Å². The summed E-state index contributed by atoms with van der Waals surface area (Å²) in [6.45, 7) is 5.05. The lowest BCUT2D eigenvalue weighted by atomic mass is 10.0. The molecule has 0 aliphatic carbocycles. The minimum absolute atomic E-state index is 0.0844. The topological polar surface area (TPSA) is 22.1 Å². The quantitative estimate of drug-likeness (QED) is 0.667. The van der Waals surface area contributed by atoms with Crippen LogP contribution >= 0.6 is 11.3 Å². The molecule has 1 aromatic rings. The molecule has 1 aromatic heterocycles. The van der Waals surface area contributed by atoms with Gasteiger partial charge in [0.15, 0.2) is 0 Å². The minimum Gasteiger partial charge on any atom is -0.368 e. The smallest absolute Gasteiger partial charge is 0.125 e. The maximum absolute atomic E-state index is 5.69. The first-order valence-electron chi connectivity index (χ1n) is 4.27. The second kappa shape index (κ2) is 2.82. The van der Waals surface area contributed by atoms with E-state index in [2.05, 4.69) is 17.3 Å². The third kappa shape index (κ3) is 1.27. The second-order valence-electron chi connectivity index (χ2n) is 3.48. The van der Waals surface area contributed by atoms with Crippen LogP contribution in [0, 0.1) is 6.92 Å². The molecule has 2 rings (SSSR count). The highest BCUT2D eigenvalue weighted by molar-refractivity contribution is 7.09. The van der Waals surface area contributed by atoms with Crippen molar-refractivity contribution in [3.63, 3.8) is 0 Å². The van der Waals surface area contributed by atoms with Crippen LogP contribution < -0.4 is 0 Å². The zero-order valence-corrected chi connectivity index (χ0v) is 8.28. The van der Waals surface area contributed by atoms with E-state index >= 15 is 0 Å². The van der Waals surface area contributed by atoms with Crippen molar-refractivity contribution in [1.29, 1.82) is 0 Å². The molecule has 1 fully saturated rings. The average Bonchev–Trinajstić information content (AvgIpc) is 2.59. The lowest BCUT2D eigenvalue weighted by molar-refractivity contribution is 0.0166. The normalized spacial score (nSPS) is 29.5. The lowest BCUT2D eigenvalue weighted by Crippen LogP contribution is -2.19. The number of nitrogens with zero attached hydrogens (tertiary/aromatic N) is 1. The van der Waals surface area contributed by atoms with E-state index in [-0.39, 0.29) is 5.60 Å². The third-order valence-electron chi connectivity index (χ3n) is 2.29. The van der Waals surface area contributed by atoms with E-state index in [1.807, 2.05) is 6.92 Å². The molecule has 2 nitrogen and oxygen atoms in total. The molecule has 12 heavy (non-hydrogen) atoms. The first-order chi connectivity index (χ1) is 5.71. The molecule has 66 valence electrons. The summed E-state index contributed by atoms with van der Waals surface area (Å²) in [4.78, 5) is 4.46. The Hall–Kier alpha value is -0.410. The Morgan fingerprint density at radius 3 is 3.00 bits per heavy atom. The zero-order chi connectivity index (χ0) is 8.60. The maximum atomic E-state index is 5.69. The summed E-state index contributed by atoms with van der Waals surface area (Å²) in [7, 11) is 0. The largest absolute Gasteiger partial charge is 0.368 e. The number of rotatable bonds is 1. The van der Waals surface area contributed by atoms with E-state index in [0.29, 0.717) is 0 Å². The van der Waals surface area contributed by atoms with E-state index in [1.165, 1.54) is 0 Å². The van der Waals surface area contributed by atoms with Crippen LogP contribution in [0.3, 0.4) is 0 Å². The van der Waals surface area contributed by atoms with Crippen LogP contribution in [0.5, 0.6) is 0 Å². The third-order valence-corrected chi connectivity index (χ3v) is 3.50. The monoisotopic (exact) mass is 183 g/mol. The average molecular weight is 183 g/mol. The Morgan fingerprint density at radius 2 is 2.50 bits per heavy atom. The van der Waals surface area contributed by atoms with E-state index in [0.717, 1.165) is 30.2 Å². The van der Waals surface area contributed by atoms with E-state index in [4.69, 9.17) is 4.74 Å². The number of aromatic nitrogens is 1. The first kappa shape index (κ1) is 8.20. The Balaban J connectivity index is 2.28. The molecule has 1 aliphatic rings. The van der Waals surface area contributed by atoms with Crippen LogP contribution in [0.1, 0.15) is 30.5 Å². The summed E-state index contributed by atoms with van der Waals surface area (Å²) in [5.74, 6) is 0. The fraction of sp³-hybridized carbons (Fsp3) is 0.667. The Bertz CT molecular complexity index is 276. The SMILES string of the molecule is Cc1csc(C2(C)CCCO2)n1. The Morgan fingerprint density at radius 1 is 1.67 bits per heavy atom. The summed E-state index contributed by atoms with van der Waals surface area (Å²) in [5, 5.41) is 3.22. The van der Waals surface area contributed by atoms with Crippen LogP contribution in [0.15, 0.2) is 5.38 Å². The van der Waals surface area contributed by atoms with Crippen LogP contribution in [0.4, 0.5) is 0 Å². The van der Waals surface area contributed by atoms with E-state index < -0.39 is 0 Å². The summed E-state index contributed by atoms with van der Waals surface area (Å²) >= 11 is 1.71. The molecule has 3 heteroatoms. The minimum atomic E-state index is -0.0844. The van der Waals surface area contributed by atoms with E-state index in [9.17, 15) is 0 Å². The van der Waals surface area contributed by atoms with Crippen molar-refractivity contribution in [2.45, 2.75) is 32.3 Å². The predicted octanol–water partition coefficient (Wildman–Crippen LogP) is 2.48. The Labute approximate surface area is 76.6 Å². The van der Waals surface area contributed by atoms with Crippen molar-refractivity contribution in [2.75, 3.05) is 6.61 Å². The van der Waals surface area contributed by atoms with Gasteiger partial charge in [0.2, 0.25) is 0 Å². The molecule has 0 saturated carbocycles. The number of aryl methyl sites for hydroxylation is 1. The molecule has 1 aliphatic heterocycles. The van der Waals surface area contributed by atoms with Crippen molar-refractivity contribution in [1.82, 2.24) is 4.98 Å². The van der Waals surface area contributed by atoms with Gasteiger partial charge in [-0.05, 0) is 26.7 Å². The number of ether oxygens (including phenoxy) is 1. The van der Waals surface area contributed by atoms with Gasteiger partial charge in [-0.3, -0.25) is 0 Å². The number of hydrogen-bond donors (Lipinski definition) is 0. The molecule has 0 N–H and O–H groups in total. The van der Waals surface area contributed by atoms with Gasteiger partial charge >= 0.3 is 0 Å². The molecule has 2 heterocycles. The lowest BCUT2D eigenvalue weighted by Gasteiger charge is -2.19. The molecular formula is C9H13NOS. The molecule has 0 radical (unpaired) electrons. The van der Waals surface area contributed by atoms with Crippen LogP contribution in [-0.4, -0.2) is 11.6 Å². The predicted molar refractivity (Wildman–Crippen MR) is 49.4 cm³/mol. The van der Waals surface area contributed by atoms with Gasteiger partial charge in [0.05, 0.1) is 0 Å². The van der Waals surface area contributed by atoms with Gasteiger partial charge in [0.25, 0.3) is 0 Å². The highest BCUT2D eigenvalue weighted by Gasteiger charge is 2.34. The van der Waals surface area contributed by atoms with Crippen molar-refractivity contribution < 1.29 is 4.74 Å². The molecule has 0 bridgehead atoms. The standard InChI is InChI=1S/C9H13NOS/c1-7-6-12-8(10-7)9(2)4-3-5-11-9/h6H,3-5H2,1-2H3. The summed E-state index contributed by atoms with van der Waals surface area (Å²) in [5.41, 5.74) is 1.02. The van der Waals surface area contributed by atoms with Crippen molar-refractivity contribution >= 4 is 11.3 Å². The summed E-state index contributed by atoms with van der Waals surface area (Å²) in [6, 6.07) is 0. The number of thiazole rings is 1. The molecular weight excluding hydrogens is 170 g/mol. The van der Waals surface area contributed by atoms with Crippen molar-refractivity contribution in [3.05, 3.63) is 16.1 Å². The zero-order valence-electron chi connectivity index (χ0n) is 7.46. The van der Waals surface area contributed by atoms with Gasteiger partial charge in [0, 0.05) is 17.7 Å². The van der Waals surface area contributed by atoms with Crippen LogP contribution in [0.25, 0.3) is 0 Å². The maximum Gasteiger partial charge on any atom is 0.125 e. The first-order valence-corrected chi connectivity index (χ1v) is 5.15. The highest BCUT2D eigenvalue weighted by Crippen LogP contribution is 2.36. The van der Waals surface area contributed by atoms with Gasteiger partial charge in [-0.25, -0.2) is 4.98 Å². The molecule has 1 unspecified atom stereocenters. The Kier molecular flexibility index (Phi) is 1.93. The molecule has 0 aromatic carbocycles. The van der Waals surface area contributed by atoms with Gasteiger partial charge in [-0.2, -0.15) is 0 Å². The molecule has 1 atom stereocenters. The molecule has 0 amide bonds. The number of hydrogen-bond acceptors (Lipinski definition) is 3. The van der Waals surface area contributed by atoms with Crippen molar-refractivity contribution in [3.8, 4) is 0 Å². The van der Waals surface area contributed by atoms with Crippen molar-refractivity contribution in [2.24, 2.45) is 0 Å². The van der Waals surface area contributed by atoms with E-state index in [1.54, 1.807) is 11.3 Å². The van der Waals surface area contributed by atoms with Crippen LogP contribution in [-0.2, 0) is 10.3 Å².